The number of anilines is 1. The average Bonchev–Trinajstić information content (AvgIpc) is 2.93. The zero-order chi connectivity index (χ0) is 17.8. The minimum absolute atomic E-state index is 0.234. The third-order valence-corrected chi connectivity index (χ3v) is 3.68. The molecular weight excluding hydrogens is 324 g/mol. The van der Waals surface area contributed by atoms with Gasteiger partial charge in [0.2, 0.25) is 5.91 Å². The SMILES string of the molecule is C#CCCCC(=O)Nc1nc2ccc(F)cn2c1-c1ccc(F)cc1. The zero-order valence-corrected chi connectivity index (χ0v) is 13.3. The number of benzene rings is 1. The van der Waals surface area contributed by atoms with E-state index in [1.165, 1.54) is 34.9 Å². The highest BCUT2D eigenvalue weighted by molar-refractivity contribution is 5.94. The van der Waals surface area contributed by atoms with Gasteiger partial charge in [0.1, 0.15) is 17.3 Å². The summed E-state index contributed by atoms with van der Waals surface area (Å²) in [5.74, 6) is 1.71. The first kappa shape index (κ1) is 16.7. The number of imidazole rings is 1. The van der Waals surface area contributed by atoms with Crippen molar-refractivity contribution in [1.82, 2.24) is 9.38 Å². The van der Waals surface area contributed by atoms with Crippen molar-refractivity contribution in [2.45, 2.75) is 19.3 Å². The lowest BCUT2D eigenvalue weighted by molar-refractivity contribution is -0.116. The normalized spacial score (nSPS) is 10.6. The second-order valence-electron chi connectivity index (χ2n) is 5.50. The molecule has 0 fully saturated rings. The molecule has 1 N–H and O–H groups in total. The number of unbranched alkanes of at least 4 members (excludes halogenated alkanes) is 1. The lowest BCUT2D eigenvalue weighted by Gasteiger charge is -2.07. The average molecular weight is 339 g/mol. The minimum Gasteiger partial charge on any atom is -0.309 e. The van der Waals surface area contributed by atoms with Gasteiger partial charge >= 0.3 is 0 Å². The summed E-state index contributed by atoms with van der Waals surface area (Å²) in [5, 5.41) is 2.74. The molecule has 4 nitrogen and oxygen atoms in total. The summed E-state index contributed by atoms with van der Waals surface area (Å²) in [6.07, 6.45) is 7.79. The molecule has 25 heavy (non-hydrogen) atoms. The van der Waals surface area contributed by atoms with E-state index in [1.54, 1.807) is 12.1 Å². The summed E-state index contributed by atoms with van der Waals surface area (Å²) < 4.78 is 28.4. The number of hydrogen-bond acceptors (Lipinski definition) is 2. The van der Waals surface area contributed by atoms with Crippen LogP contribution in [0.25, 0.3) is 16.9 Å². The number of pyridine rings is 1. The van der Waals surface area contributed by atoms with Gasteiger partial charge in [-0.1, -0.05) is 0 Å². The molecule has 1 amide bonds. The number of terminal acetylenes is 1. The highest BCUT2D eigenvalue weighted by Gasteiger charge is 2.17. The maximum Gasteiger partial charge on any atom is 0.225 e. The largest absolute Gasteiger partial charge is 0.309 e. The molecule has 6 heteroatoms. The molecule has 0 atom stereocenters. The van der Waals surface area contributed by atoms with Crippen LogP contribution in [0.3, 0.4) is 0 Å². The van der Waals surface area contributed by atoms with Crippen LogP contribution in [0.2, 0.25) is 0 Å². The molecule has 0 radical (unpaired) electrons. The topological polar surface area (TPSA) is 46.4 Å². The van der Waals surface area contributed by atoms with Gasteiger partial charge in [-0.3, -0.25) is 9.20 Å². The lowest BCUT2D eigenvalue weighted by Crippen LogP contribution is -2.12. The molecule has 0 spiro atoms. The van der Waals surface area contributed by atoms with E-state index < -0.39 is 5.82 Å². The Morgan fingerprint density at radius 2 is 1.88 bits per heavy atom. The fourth-order valence-electron chi connectivity index (χ4n) is 2.54. The molecule has 2 heterocycles. The Balaban J connectivity index is 2.02. The molecule has 0 saturated heterocycles. The van der Waals surface area contributed by atoms with E-state index in [-0.39, 0.29) is 18.1 Å². The van der Waals surface area contributed by atoms with Gasteiger partial charge in [0.25, 0.3) is 0 Å². The number of carbonyl (C=O) groups is 1. The molecule has 0 aliphatic heterocycles. The smallest absolute Gasteiger partial charge is 0.225 e. The van der Waals surface area contributed by atoms with E-state index in [1.807, 2.05) is 0 Å². The second-order valence-corrected chi connectivity index (χ2v) is 5.50. The monoisotopic (exact) mass is 339 g/mol. The molecular formula is C19H15F2N3O. The minimum atomic E-state index is -0.444. The van der Waals surface area contributed by atoms with Crippen molar-refractivity contribution in [3.8, 4) is 23.6 Å². The van der Waals surface area contributed by atoms with Crippen LogP contribution in [0.15, 0.2) is 42.6 Å². The van der Waals surface area contributed by atoms with Crippen LogP contribution in [0, 0.1) is 24.0 Å². The Labute approximate surface area is 143 Å². The van der Waals surface area contributed by atoms with E-state index in [4.69, 9.17) is 6.42 Å². The van der Waals surface area contributed by atoms with Crippen LogP contribution >= 0.6 is 0 Å². The molecule has 0 aliphatic carbocycles. The fourth-order valence-corrected chi connectivity index (χ4v) is 2.54. The predicted molar refractivity (Wildman–Crippen MR) is 91.9 cm³/mol. The van der Waals surface area contributed by atoms with Crippen molar-refractivity contribution >= 4 is 17.4 Å². The molecule has 1 aromatic carbocycles. The number of carbonyl (C=O) groups excluding carboxylic acids is 1. The Morgan fingerprint density at radius 1 is 1.16 bits per heavy atom. The molecule has 2 aromatic heterocycles. The number of nitrogens with zero attached hydrogens (tertiary/aromatic N) is 2. The van der Waals surface area contributed by atoms with Gasteiger partial charge in [-0.05, 0) is 42.8 Å². The lowest BCUT2D eigenvalue weighted by atomic mass is 10.1. The Hall–Kier alpha value is -3.20. The number of halogens is 2. The first-order valence-electron chi connectivity index (χ1n) is 7.75. The number of hydrogen-bond donors (Lipinski definition) is 1. The van der Waals surface area contributed by atoms with Gasteiger partial charge in [-0.2, -0.15) is 0 Å². The van der Waals surface area contributed by atoms with Crippen molar-refractivity contribution in [2.75, 3.05) is 5.32 Å². The summed E-state index contributed by atoms with van der Waals surface area (Å²) in [6.45, 7) is 0. The Morgan fingerprint density at radius 3 is 2.60 bits per heavy atom. The molecule has 3 rings (SSSR count). The maximum absolute atomic E-state index is 13.7. The molecule has 3 aromatic rings. The number of amides is 1. The quantitative estimate of drug-likeness (QED) is 0.564. The van der Waals surface area contributed by atoms with E-state index >= 15 is 0 Å². The Kier molecular flexibility index (Phi) is 4.75. The summed E-state index contributed by atoms with van der Waals surface area (Å²) in [4.78, 5) is 16.5. The van der Waals surface area contributed by atoms with E-state index in [0.29, 0.717) is 35.6 Å². The van der Waals surface area contributed by atoms with Gasteiger partial charge in [0, 0.05) is 24.6 Å². The molecule has 0 aliphatic rings. The van der Waals surface area contributed by atoms with Crippen LogP contribution in [-0.4, -0.2) is 15.3 Å². The highest BCUT2D eigenvalue weighted by atomic mass is 19.1. The predicted octanol–water partition coefficient (Wildman–Crippen LogP) is 4.02. The van der Waals surface area contributed by atoms with Gasteiger partial charge < -0.3 is 5.32 Å². The summed E-state index contributed by atoms with van der Waals surface area (Å²) in [6, 6.07) is 8.50. The molecule has 0 bridgehead atoms. The van der Waals surface area contributed by atoms with Crippen LogP contribution in [0.5, 0.6) is 0 Å². The number of fused-ring (bicyclic) bond motifs is 1. The second kappa shape index (κ2) is 7.14. The third kappa shape index (κ3) is 3.66. The molecule has 0 saturated carbocycles. The zero-order valence-electron chi connectivity index (χ0n) is 13.3. The van der Waals surface area contributed by atoms with Crippen molar-refractivity contribution in [2.24, 2.45) is 0 Å². The van der Waals surface area contributed by atoms with E-state index in [0.717, 1.165) is 0 Å². The van der Waals surface area contributed by atoms with Crippen molar-refractivity contribution in [3.05, 3.63) is 54.2 Å². The first-order chi connectivity index (χ1) is 12.1. The fraction of sp³-hybridized carbons (Fsp3) is 0.158. The van der Waals surface area contributed by atoms with E-state index in [2.05, 4.69) is 16.2 Å². The van der Waals surface area contributed by atoms with Crippen molar-refractivity contribution in [1.29, 1.82) is 0 Å². The number of nitrogens with one attached hydrogen (secondary N) is 1. The summed E-state index contributed by atoms with van der Waals surface area (Å²) >= 11 is 0. The van der Waals surface area contributed by atoms with Gasteiger partial charge in [0.05, 0.1) is 5.69 Å². The standard InChI is InChI=1S/C19H15F2N3O/c1-2-3-4-5-17(25)23-19-18(13-6-8-14(20)9-7-13)24-12-15(21)10-11-16(24)22-19/h1,6-12H,3-5H2,(H,23,25). The number of aromatic nitrogens is 2. The maximum atomic E-state index is 13.7. The third-order valence-electron chi connectivity index (χ3n) is 3.68. The van der Waals surface area contributed by atoms with Crippen LogP contribution in [0.4, 0.5) is 14.6 Å². The van der Waals surface area contributed by atoms with E-state index in [9.17, 15) is 13.6 Å². The molecule has 0 unspecified atom stereocenters. The van der Waals surface area contributed by atoms with Crippen molar-refractivity contribution < 1.29 is 13.6 Å². The highest BCUT2D eigenvalue weighted by Crippen LogP contribution is 2.29. The Bertz CT molecular complexity index is 955. The summed E-state index contributed by atoms with van der Waals surface area (Å²) in [7, 11) is 0. The van der Waals surface area contributed by atoms with Gasteiger partial charge in [-0.15, -0.1) is 12.3 Å². The summed E-state index contributed by atoms with van der Waals surface area (Å²) in [5.41, 5.74) is 1.57. The van der Waals surface area contributed by atoms with Gasteiger partial charge in [-0.25, -0.2) is 13.8 Å². The van der Waals surface area contributed by atoms with Gasteiger partial charge in [0.15, 0.2) is 5.82 Å². The van der Waals surface area contributed by atoms with Crippen LogP contribution in [-0.2, 0) is 4.79 Å². The molecule has 126 valence electrons. The van der Waals surface area contributed by atoms with Crippen LogP contribution < -0.4 is 5.32 Å². The van der Waals surface area contributed by atoms with Crippen LogP contribution in [0.1, 0.15) is 19.3 Å². The van der Waals surface area contributed by atoms with Crippen molar-refractivity contribution in [3.63, 3.8) is 0 Å². The first-order valence-corrected chi connectivity index (χ1v) is 7.75. The number of rotatable bonds is 5.